The van der Waals surface area contributed by atoms with Crippen LogP contribution in [0.25, 0.3) is 0 Å². The highest BCUT2D eigenvalue weighted by Crippen LogP contribution is 2.02. The summed E-state index contributed by atoms with van der Waals surface area (Å²) in [6.45, 7) is 2.89. The Morgan fingerprint density at radius 3 is 2.32 bits per heavy atom. The maximum atomic E-state index is 11.3. The van der Waals surface area contributed by atoms with Gasteiger partial charge >= 0.3 is 11.9 Å². The molecule has 0 aliphatic heterocycles. The molecule has 1 rings (SSSR count). The van der Waals surface area contributed by atoms with E-state index >= 15 is 0 Å². The summed E-state index contributed by atoms with van der Waals surface area (Å²) in [4.78, 5) is 28.3. The summed E-state index contributed by atoms with van der Waals surface area (Å²) < 4.78 is 10.9. The lowest BCUT2D eigenvalue weighted by Crippen LogP contribution is -2.36. The van der Waals surface area contributed by atoms with Gasteiger partial charge in [0, 0.05) is 6.54 Å². The molecular formula is C11H18N4O4. The van der Waals surface area contributed by atoms with Gasteiger partial charge in [0.2, 0.25) is 0 Å². The van der Waals surface area contributed by atoms with E-state index in [1.165, 1.54) is 20.5 Å². The van der Waals surface area contributed by atoms with Crippen LogP contribution < -0.4 is 0 Å². The SMILES string of the molecule is CCn1ncnc1CN(CC(=O)OC)CC(=O)OC. The van der Waals surface area contributed by atoms with Crippen LogP contribution in [0.2, 0.25) is 0 Å². The molecule has 0 aliphatic rings. The van der Waals surface area contributed by atoms with Gasteiger partial charge < -0.3 is 9.47 Å². The van der Waals surface area contributed by atoms with Gasteiger partial charge in [-0.2, -0.15) is 5.10 Å². The number of hydrogen-bond acceptors (Lipinski definition) is 7. The van der Waals surface area contributed by atoms with Crippen molar-refractivity contribution in [2.45, 2.75) is 20.0 Å². The lowest BCUT2D eigenvalue weighted by molar-refractivity contribution is -0.145. The molecule has 1 aromatic heterocycles. The first-order valence-corrected chi connectivity index (χ1v) is 5.83. The quantitative estimate of drug-likeness (QED) is 0.614. The molecule has 0 fully saturated rings. The van der Waals surface area contributed by atoms with Crippen molar-refractivity contribution in [2.24, 2.45) is 0 Å². The summed E-state index contributed by atoms with van der Waals surface area (Å²) in [7, 11) is 2.60. The standard InChI is InChI=1S/C11H18N4O4/c1-4-15-9(12-8-13-15)5-14(6-10(16)18-2)7-11(17)19-3/h8H,4-7H2,1-3H3. The average molecular weight is 270 g/mol. The van der Waals surface area contributed by atoms with Crippen LogP contribution >= 0.6 is 0 Å². The van der Waals surface area contributed by atoms with Crippen LogP contribution in [0.4, 0.5) is 0 Å². The zero-order chi connectivity index (χ0) is 14.3. The second-order valence-electron chi connectivity index (χ2n) is 3.79. The predicted octanol–water partition coefficient (Wildman–Crippen LogP) is -0.554. The van der Waals surface area contributed by atoms with Gasteiger partial charge in [0.1, 0.15) is 12.2 Å². The normalized spacial score (nSPS) is 10.5. The zero-order valence-electron chi connectivity index (χ0n) is 11.3. The Kier molecular flexibility index (Phi) is 5.94. The zero-order valence-corrected chi connectivity index (χ0v) is 11.3. The number of nitrogens with zero attached hydrogens (tertiary/aromatic N) is 4. The molecule has 0 atom stereocenters. The molecular weight excluding hydrogens is 252 g/mol. The summed E-state index contributed by atoms with van der Waals surface area (Å²) in [5.74, 6) is -0.173. The first-order chi connectivity index (χ1) is 9.10. The molecule has 0 N–H and O–H groups in total. The Labute approximate surface area is 111 Å². The molecule has 1 heterocycles. The number of methoxy groups -OCH3 is 2. The number of carbonyl (C=O) groups is 2. The van der Waals surface area contributed by atoms with E-state index in [0.29, 0.717) is 18.9 Å². The molecule has 0 saturated carbocycles. The van der Waals surface area contributed by atoms with Gasteiger partial charge in [-0.05, 0) is 6.92 Å². The maximum absolute atomic E-state index is 11.3. The fourth-order valence-corrected chi connectivity index (χ4v) is 1.54. The van der Waals surface area contributed by atoms with Crippen molar-refractivity contribution in [1.82, 2.24) is 19.7 Å². The second-order valence-corrected chi connectivity index (χ2v) is 3.79. The average Bonchev–Trinajstić information content (AvgIpc) is 2.85. The van der Waals surface area contributed by atoms with Crippen LogP contribution in [-0.2, 0) is 32.2 Å². The van der Waals surface area contributed by atoms with E-state index in [4.69, 9.17) is 0 Å². The largest absolute Gasteiger partial charge is 0.468 e. The van der Waals surface area contributed by atoms with E-state index in [9.17, 15) is 9.59 Å². The van der Waals surface area contributed by atoms with Gasteiger partial charge in [0.25, 0.3) is 0 Å². The number of ether oxygens (including phenoxy) is 2. The maximum Gasteiger partial charge on any atom is 0.319 e. The Bertz CT molecular complexity index is 414. The molecule has 0 aliphatic carbocycles. The van der Waals surface area contributed by atoms with Crippen LogP contribution in [-0.4, -0.2) is 58.9 Å². The minimum Gasteiger partial charge on any atom is -0.468 e. The van der Waals surface area contributed by atoms with Gasteiger partial charge in [0.05, 0.1) is 33.9 Å². The van der Waals surface area contributed by atoms with Crippen molar-refractivity contribution in [2.75, 3.05) is 27.3 Å². The van der Waals surface area contributed by atoms with E-state index < -0.39 is 11.9 Å². The predicted molar refractivity (Wildman–Crippen MR) is 65.0 cm³/mol. The Morgan fingerprint density at radius 1 is 1.26 bits per heavy atom. The first-order valence-electron chi connectivity index (χ1n) is 5.83. The van der Waals surface area contributed by atoms with E-state index in [1.807, 2.05) is 6.92 Å². The third-order valence-electron chi connectivity index (χ3n) is 2.52. The molecule has 0 bridgehead atoms. The van der Waals surface area contributed by atoms with Crippen LogP contribution in [0.15, 0.2) is 6.33 Å². The number of hydrogen-bond donors (Lipinski definition) is 0. The third kappa shape index (κ3) is 4.66. The lowest BCUT2D eigenvalue weighted by atomic mass is 10.4. The number of esters is 2. The monoisotopic (exact) mass is 270 g/mol. The highest BCUT2D eigenvalue weighted by molar-refractivity contribution is 5.74. The van der Waals surface area contributed by atoms with Gasteiger partial charge in [-0.25, -0.2) is 9.67 Å². The van der Waals surface area contributed by atoms with Gasteiger partial charge in [-0.1, -0.05) is 0 Å². The molecule has 106 valence electrons. The third-order valence-corrected chi connectivity index (χ3v) is 2.52. The van der Waals surface area contributed by atoms with Gasteiger partial charge in [-0.3, -0.25) is 14.5 Å². The fraction of sp³-hybridized carbons (Fsp3) is 0.636. The highest BCUT2D eigenvalue weighted by atomic mass is 16.5. The summed E-state index contributed by atoms with van der Waals surface area (Å²) in [6, 6.07) is 0. The molecule has 0 aromatic carbocycles. The molecule has 0 unspecified atom stereocenters. The number of aromatic nitrogens is 3. The molecule has 0 radical (unpaired) electrons. The minimum atomic E-state index is -0.425. The molecule has 0 saturated heterocycles. The van der Waals surface area contributed by atoms with Crippen LogP contribution in [0, 0.1) is 0 Å². The van der Waals surface area contributed by atoms with E-state index in [2.05, 4.69) is 19.6 Å². The molecule has 1 aromatic rings. The van der Waals surface area contributed by atoms with Crippen LogP contribution in [0.3, 0.4) is 0 Å². The lowest BCUT2D eigenvalue weighted by Gasteiger charge is -2.19. The topological polar surface area (TPSA) is 86.5 Å². The number of rotatable bonds is 7. The molecule has 0 spiro atoms. The summed E-state index contributed by atoms with van der Waals surface area (Å²) in [5.41, 5.74) is 0. The van der Waals surface area contributed by atoms with Crippen molar-refractivity contribution in [3.63, 3.8) is 0 Å². The van der Waals surface area contributed by atoms with Gasteiger partial charge in [0.15, 0.2) is 0 Å². The minimum absolute atomic E-state index is 0.0117. The van der Waals surface area contributed by atoms with Gasteiger partial charge in [-0.15, -0.1) is 0 Å². The number of carbonyl (C=O) groups excluding carboxylic acids is 2. The highest BCUT2D eigenvalue weighted by Gasteiger charge is 2.18. The Hall–Kier alpha value is -1.96. The van der Waals surface area contributed by atoms with Crippen molar-refractivity contribution in [1.29, 1.82) is 0 Å². The smallest absolute Gasteiger partial charge is 0.319 e. The fourth-order valence-electron chi connectivity index (χ4n) is 1.54. The number of aryl methyl sites for hydroxylation is 1. The van der Waals surface area contributed by atoms with Crippen molar-refractivity contribution >= 4 is 11.9 Å². The summed E-state index contributed by atoms with van der Waals surface area (Å²) in [6.07, 6.45) is 1.44. The van der Waals surface area contributed by atoms with Crippen molar-refractivity contribution in [3.8, 4) is 0 Å². The summed E-state index contributed by atoms with van der Waals surface area (Å²) in [5, 5.41) is 4.03. The van der Waals surface area contributed by atoms with Crippen molar-refractivity contribution in [3.05, 3.63) is 12.2 Å². The molecule has 19 heavy (non-hydrogen) atoms. The van der Waals surface area contributed by atoms with E-state index in [0.717, 1.165) is 0 Å². The van der Waals surface area contributed by atoms with Crippen LogP contribution in [0.1, 0.15) is 12.7 Å². The molecule has 0 amide bonds. The Balaban J connectivity index is 2.72. The molecule has 8 heteroatoms. The van der Waals surface area contributed by atoms with Crippen LogP contribution in [0.5, 0.6) is 0 Å². The summed E-state index contributed by atoms with van der Waals surface area (Å²) >= 11 is 0. The van der Waals surface area contributed by atoms with Crippen molar-refractivity contribution < 1.29 is 19.1 Å². The molecule has 8 nitrogen and oxygen atoms in total. The first kappa shape index (κ1) is 15.1. The van der Waals surface area contributed by atoms with E-state index in [-0.39, 0.29) is 13.1 Å². The second kappa shape index (κ2) is 7.47. The van der Waals surface area contributed by atoms with E-state index in [1.54, 1.807) is 9.58 Å². The Morgan fingerprint density at radius 2 is 1.84 bits per heavy atom.